The zero-order valence-electron chi connectivity index (χ0n) is 13.1. The van der Waals surface area contributed by atoms with E-state index in [9.17, 15) is 5.26 Å². The first-order chi connectivity index (χ1) is 11.7. The molecule has 2 aromatic heterocycles. The Morgan fingerprint density at radius 1 is 1.25 bits per heavy atom. The fourth-order valence-electron chi connectivity index (χ4n) is 3.25. The first-order valence-electron chi connectivity index (χ1n) is 7.62. The number of aryl methyl sites for hydroxylation is 1. The summed E-state index contributed by atoms with van der Waals surface area (Å²) in [5.41, 5.74) is 12.2. The molecule has 3 N–H and O–H groups in total. The van der Waals surface area contributed by atoms with Gasteiger partial charge in [0.25, 0.3) is 0 Å². The highest BCUT2D eigenvalue weighted by atomic mass is 16.5. The molecule has 0 aliphatic heterocycles. The van der Waals surface area contributed by atoms with Crippen molar-refractivity contribution in [3.8, 4) is 34.2 Å². The molecule has 0 radical (unpaired) electrons. The molecule has 0 saturated heterocycles. The molecule has 6 heteroatoms. The first-order valence-corrected chi connectivity index (χ1v) is 7.62. The number of anilines is 1. The smallest absolute Gasteiger partial charge is 0.142 e. The summed E-state index contributed by atoms with van der Waals surface area (Å²) in [6, 6.07) is 9.87. The third-order valence-electron chi connectivity index (χ3n) is 4.41. The number of benzene rings is 1. The molecule has 24 heavy (non-hydrogen) atoms. The van der Waals surface area contributed by atoms with Gasteiger partial charge in [-0.1, -0.05) is 12.1 Å². The highest BCUT2D eigenvalue weighted by Crippen LogP contribution is 2.40. The van der Waals surface area contributed by atoms with Gasteiger partial charge >= 0.3 is 0 Å². The Bertz CT molecular complexity index is 966. The average molecular weight is 317 g/mol. The quantitative estimate of drug-likeness (QED) is 0.757. The highest BCUT2D eigenvalue weighted by Gasteiger charge is 2.26. The van der Waals surface area contributed by atoms with Crippen LogP contribution < -0.4 is 10.5 Å². The summed E-state index contributed by atoms with van der Waals surface area (Å²) in [5, 5.41) is 16.7. The van der Waals surface area contributed by atoms with Gasteiger partial charge in [0.15, 0.2) is 0 Å². The lowest BCUT2D eigenvalue weighted by atomic mass is 9.86. The molecule has 0 saturated carbocycles. The van der Waals surface area contributed by atoms with E-state index in [0.29, 0.717) is 5.56 Å². The van der Waals surface area contributed by atoms with Crippen molar-refractivity contribution >= 4 is 5.82 Å². The number of aromatic nitrogens is 3. The van der Waals surface area contributed by atoms with Gasteiger partial charge in [0, 0.05) is 16.8 Å². The number of pyridine rings is 1. The summed E-state index contributed by atoms with van der Waals surface area (Å²) in [6.45, 7) is 0. The Kier molecular flexibility index (Phi) is 3.21. The van der Waals surface area contributed by atoms with Crippen LogP contribution in [-0.4, -0.2) is 22.3 Å². The number of rotatable bonds is 2. The van der Waals surface area contributed by atoms with E-state index in [4.69, 9.17) is 10.5 Å². The molecule has 0 atom stereocenters. The molecule has 2 heterocycles. The molecular formula is C18H15N5O. The lowest BCUT2D eigenvalue weighted by Crippen LogP contribution is -2.11. The minimum absolute atomic E-state index is 0.246. The predicted octanol–water partition coefficient (Wildman–Crippen LogP) is 2.70. The molecule has 0 bridgehead atoms. The number of nitrogens with one attached hydrogen (secondary N) is 1. The lowest BCUT2D eigenvalue weighted by molar-refractivity contribution is 0.415. The van der Waals surface area contributed by atoms with Crippen LogP contribution in [0.5, 0.6) is 5.75 Å². The number of aromatic amines is 1. The molecule has 0 spiro atoms. The number of hydrogen-bond acceptors (Lipinski definition) is 5. The van der Waals surface area contributed by atoms with E-state index in [1.54, 1.807) is 13.3 Å². The number of nitrogens with zero attached hydrogens (tertiary/aromatic N) is 3. The number of nitrogens with two attached hydrogens (primary N) is 1. The lowest BCUT2D eigenvalue weighted by Gasteiger charge is -2.21. The number of nitrogen functional groups attached to an aromatic ring is 1. The normalized spacial score (nSPS) is 12.2. The summed E-state index contributed by atoms with van der Waals surface area (Å²) >= 11 is 0. The number of fused-ring (bicyclic) bond motifs is 3. The van der Waals surface area contributed by atoms with Crippen LogP contribution >= 0.6 is 0 Å². The standard InChI is InChI=1S/C18H15N5O/c1-24-11-4-2-10(3-5-11)16-12-6-7-15-14(9-21-23-15)17(12)22-18(20)13(16)8-19/h2-5,9H,6-7H2,1H3,(H2,20,22)(H,21,23). The van der Waals surface area contributed by atoms with Crippen molar-refractivity contribution < 1.29 is 4.74 Å². The fourth-order valence-corrected chi connectivity index (χ4v) is 3.25. The van der Waals surface area contributed by atoms with Crippen LogP contribution in [0.1, 0.15) is 16.8 Å². The summed E-state index contributed by atoms with van der Waals surface area (Å²) in [6.07, 6.45) is 3.39. The van der Waals surface area contributed by atoms with Gasteiger partial charge in [-0.25, -0.2) is 4.98 Å². The fraction of sp³-hybridized carbons (Fsp3) is 0.167. The van der Waals surface area contributed by atoms with E-state index in [2.05, 4.69) is 21.3 Å². The Hall–Kier alpha value is -3.33. The van der Waals surface area contributed by atoms with Gasteiger partial charge in [0.2, 0.25) is 0 Å². The molecule has 0 amide bonds. The van der Waals surface area contributed by atoms with Gasteiger partial charge in [0.1, 0.15) is 23.2 Å². The van der Waals surface area contributed by atoms with Crippen molar-refractivity contribution in [3.63, 3.8) is 0 Å². The molecule has 6 nitrogen and oxygen atoms in total. The monoisotopic (exact) mass is 317 g/mol. The summed E-state index contributed by atoms with van der Waals surface area (Å²) < 4.78 is 5.22. The van der Waals surface area contributed by atoms with Gasteiger partial charge in [-0.15, -0.1) is 0 Å². The van der Waals surface area contributed by atoms with Crippen LogP contribution in [0.25, 0.3) is 22.4 Å². The number of methoxy groups -OCH3 is 1. The van der Waals surface area contributed by atoms with Crippen LogP contribution in [-0.2, 0) is 12.8 Å². The predicted molar refractivity (Wildman–Crippen MR) is 90.3 cm³/mol. The molecule has 0 unspecified atom stereocenters. The topological polar surface area (TPSA) is 101 Å². The van der Waals surface area contributed by atoms with E-state index < -0.39 is 0 Å². The zero-order chi connectivity index (χ0) is 16.7. The Labute approximate surface area is 138 Å². The van der Waals surface area contributed by atoms with Crippen molar-refractivity contribution in [3.05, 3.63) is 47.3 Å². The second-order valence-corrected chi connectivity index (χ2v) is 5.68. The number of ether oxygens (including phenoxy) is 1. The third-order valence-corrected chi connectivity index (χ3v) is 4.41. The minimum Gasteiger partial charge on any atom is -0.497 e. The van der Waals surface area contributed by atoms with Gasteiger partial charge in [-0.3, -0.25) is 5.10 Å². The molecule has 118 valence electrons. The third kappa shape index (κ3) is 2.02. The zero-order valence-corrected chi connectivity index (χ0v) is 13.1. The van der Waals surface area contributed by atoms with Gasteiger partial charge < -0.3 is 10.5 Å². The van der Waals surface area contributed by atoms with E-state index in [1.165, 1.54) is 0 Å². The first kappa shape index (κ1) is 14.3. The molecule has 3 aromatic rings. The van der Waals surface area contributed by atoms with Crippen LogP contribution in [0.2, 0.25) is 0 Å². The van der Waals surface area contributed by atoms with Crippen LogP contribution in [0, 0.1) is 11.3 Å². The van der Waals surface area contributed by atoms with Gasteiger partial charge in [-0.05, 0) is 36.1 Å². The number of nitriles is 1. The highest BCUT2D eigenvalue weighted by molar-refractivity contribution is 5.85. The Morgan fingerprint density at radius 3 is 2.75 bits per heavy atom. The molecule has 0 fully saturated rings. The molecule has 1 aromatic carbocycles. The molecule has 4 rings (SSSR count). The van der Waals surface area contributed by atoms with E-state index in [1.807, 2.05) is 24.3 Å². The Morgan fingerprint density at radius 2 is 2.04 bits per heavy atom. The maximum atomic E-state index is 9.60. The summed E-state index contributed by atoms with van der Waals surface area (Å²) in [7, 11) is 1.63. The average Bonchev–Trinajstić information content (AvgIpc) is 3.10. The second-order valence-electron chi connectivity index (χ2n) is 5.68. The van der Waals surface area contributed by atoms with Crippen LogP contribution in [0.4, 0.5) is 5.82 Å². The Balaban J connectivity index is 2.01. The maximum Gasteiger partial charge on any atom is 0.142 e. The number of H-pyrrole nitrogens is 1. The van der Waals surface area contributed by atoms with E-state index in [-0.39, 0.29) is 5.82 Å². The molecule has 1 aliphatic rings. The largest absolute Gasteiger partial charge is 0.497 e. The van der Waals surface area contributed by atoms with Crippen molar-refractivity contribution in [2.75, 3.05) is 12.8 Å². The van der Waals surface area contributed by atoms with Crippen molar-refractivity contribution in [1.82, 2.24) is 15.2 Å². The maximum absolute atomic E-state index is 9.60. The van der Waals surface area contributed by atoms with Crippen molar-refractivity contribution in [1.29, 1.82) is 5.26 Å². The second kappa shape index (κ2) is 5.39. The van der Waals surface area contributed by atoms with Gasteiger partial charge in [0.05, 0.1) is 19.0 Å². The van der Waals surface area contributed by atoms with E-state index in [0.717, 1.165) is 52.2 Å². The summed E-state index contributed by atoms with van der Waals surface area (Å²) in [4.78, 5) is 4.49. The van der Waals surface area contributed by atoms with Crippen molar-refractivity contribution in [2.45, 2.75) is 12.8 Å². The van der Waals surface area contributed by atoms with Crippen LogP contribution in [0.15, 0.2) is 30.5 Å². The SMILES string of the molecule is COc1ccc(-c2c(C#N)c(N)nc3c2CCc2[nH]ncc2-3)cc1. The van der Waals surface area contributed by atoms with Gasteiger partial charge in [-0.2, -0.15) is 10.4 Å². The molecular weight excluding hydrogens is 302 g/mol. The minimum atomic E-state index is 0.246. The number of hydrogen-bond donors (Lipinski definition) is 2. The molecule has 1 aliphatic carbocycles. The van der Waals surface area contributed by atoms with Crippen LogP contribution in [0.3, 0.4) is 0 Å². The summed E-state index contributed by atoms with van der Waals surface area (Å²) in [5.74, 6) is 1.02. The van der Waals surface area contributed by atoms with E-state index >= 15 is 0 Å². The van der Waals surface area contributed by atoms with Crippen molar-refractivity contribution in [2.24, 2.45) is 0 Å².